The third kappa shape index (κ3) is 4.06. The van der Waals surface area contributed by atoms with E-state index in [1.54, 1.807) is 0 Å². The van der Waals surface area contributed by atoms with Crippen molar-refractivity contribution < 1.29 is 0 Å². The maximum absolute atomic E-state index is 6.07. The van der Waals surface area contributed by atoms with Gasteiger partial charge in [-0.2, -0.15) is 0 Å². The summed E-state index contributed by atoms with van der Waals surface area (Å²) in [5.41, 5.74) is 12.8. The molecule has 2 nitrogen and oxygen atoms in total. The van der Waals surface area contributed by atoms with Crippen LogP contribution in [0, 0.1) is 0 Å². The zero-order chi connectivity index (χ0) is 9.73. The Morgan fingerprint density at radius 3 is 2.38 bits per heavy atom. The van der Waals surface area contributed by atoms with Crippen molar-refractivity contribution in [3.05, 3.63) is 35.9 Å². The van der Waals surface area contributed by atoms with Gasteiger partial charge in [0.25, 0.3) is 0 Å². The van der Waals surface area contributed by atoms with Gasteiger partial charge >= 0.3 is 0 Å². The summed E-state index contributed by atoms with van der Waals surface area (Å²) in [7, 11) is 0. The molecule has 0 spiro atoms. The van der Waals surface area contributed by atoms with Crippen LogP contribution < -0.4 is 11.5 Å². The molecule has 1 aromatic carbocycles. The molecule has 1 unspecified atom stereocenters. The van der Waals surface area contributed by atoms with Crippen LogP contribution in [0.5, 0.6) is 0 Å². The molecule has 4 N–H and O–H groups in total. The second kappa shape index (κ2) is 4.93. The average Bonchev–Trinajstić information content (AvgIpc) is 2.04. The van der Waals surface area contributed by atoms with Crippen molar-refractivity contribution in [1.82, 2.24) is 0 Å². The van der Waals surface area contributed by atoms with Crippen molar-refractivity contribution in [3.63, 3.8) is 0 Å². The largest absolute Gasteiger partial charge is 0.330 e. The van der Waals surface area contributed by atoms with Crippen LogP contribution in [0.2, 0.25) is 0 Å². The molecule has 0 aliphatic heterocycles. The molecule has 0 saturated carbocycles. The standard InChI is InChI=1S/C10H15IN2/c11-10(13,6-7-12)8-9-4-2-1-3-5-9/h1-5H,6-8,12-13H2. The van der Waals surface area contributed by atoms with E-state index in [4.69, 9.17) is 11.5 Å². The van der Waals surface area contributed by atoms with Gasteiger partial charge in [0.2, 0.25) is 0 Å². The molecule has 13 heavy (non-hydrogen) atoms. The average molecular weight is 290 g/mol. The molecular weight excluding hydrogens is 275 g/mol. The fourth-order valence-electron chi connectivity index (χ4n) is 1.26. The molecule has 0 bridgehead atoms. The lowest BCUT2D eigenvalue weighted by Crippen LogP contribution is -2.37. The highest BCUT2D eigenvalue weighted by molar-refractivity contribution is 14.1. The lowest BCUT2D eigenvalue weighted by molar-refractivity contribution is 0.594. The Hall–Kier alpha value is -0.130. The van der Waals surface area contributed by atoms with E-state index in [1.807, 2.05) is 18.2 Å². The van der Waals surface area contributed by atoms with Gasteiger partial charge in [-0.05, 0) is 24.9 Å². The first kappa shape index (κ1) is 10.9. The van der Waals surface area contributed by atoms with Gasteiger partial charge in [0.15, 0.2) is 0 Å². The van der Waals surface area contributed by atoms with Crippen molar-refractivity contribution in [2.75, 3.05) is 6.54 Å². The second-order valence-electron chi connectivity index (χ2n) is 3.24. The Bertz CT molecular complexity index is 246. The van der Waals surface area contributed by atoms with Gasteiger partial charge in [0.05, 0.1) is 3.55 Å². The van der Waals surface area contributed by atoms with Crippen molar-refractivity contribution in [1.29, 1.82) is 0 Å². The quantitative estimate of drug-likeness (QED) is 0.503. The first-order valence-electron chi connectivity index (χ1n) is 4.36. The predicted molar refractivity (Wildman–Crippen MR) is 64.8 cm³/mol. The lowest BCUT2D eigenvalue weighted by Gasteiger charge is -2.21. The van der Waals surface area contributed by atoms with E-state index >= 15 is 0 Å². The fraction of sp³-hybridized carbons (Fsp3) is 0.400. The van der Waals surface area contributed by atoms with Crippen LogP contribution in [-0.4, -0.2) is 10.1 Å². The van der Waals surface area contributed by atoms with Crippen molar-refractivity contribution >= 4 is 22.6 Å². The number of benzene rings is 1. The van der Waals surface area contributed by atoms with Crippen LogP contribution in [0.4, 0.5) is 0 Å². The number of halogens is 1. The van der Waals surface area contributed by atoms with Crippen LogP contribution in [0.25, 0.3) is 0 Å². The molecule has 72 valence electrons. The van der Waals surface area contributed by atoms with E-state index in [2.05, 4.69) is 34.7 Å². The monoisotopic (exact) mass is 290 g/mol. The maximum atomic E-state index is 6.07. The summed E-state index contributed by atoms with van der Waals surface area (Å²) in [6, 6.07) is 10.3. The minimum atomic E-state index is -0.201. The molecular formula is C10H15IN2. The highest BCUT2D eigenvalue weighted by Crippen LogP contribution is 2.21. The molecule has 0 heterocycles. The van der Waals surface area contributed by atoms with Gasteiger partial charge in [-0.3, -0.25) is 0 Å². The van der Waals surface area contributed by atoms with Crippen LogP contribution in [0.15, 0.2) is 30.3 Å². The zero-order valence-corrected chi connectivity index (χ0v) is 9.70. The van der Waals surface area contributed by atoms with Gasteiger partial charge < -0.3 is 11.5 Å². The topological polar surface area (TPSA) is 52.0 Å². The lowest BCUT2D eigenvalue weighted by atomic mass is 10.0. The number of alkyl halides is 1. The third-order valence-corrected chi connectivity index (χ3v) is 2.82. The predicted octanol–water partition coefficient (Wildman–Crippen LogP) is 1.67. The molecule has 0 aliphatic carbocycles. The molecule has 0 fully saturated rings. The molecule has 1 aromatic rings. The molecule has 0 aliphatic rings. The molecule has 1 rings (SSSR count). The van der Waals surface area contributed by atoms with Gasteiger partial charge in [0, 0.05) is 0 Å². The summed E-state index contributed by atoms with van der Waals surface area (Å²) < 4.78 is -0.201. The number of rotatable bonds is 4. The Balaban J connectivity index is 2.58. The first-order valence-corrected chi connectivity index (χ1v) is 5.44. The summed E-state index contributed by atoms with van der Waals surface area (Å²) in [6.07, 6.45) is 1.73. The molecule has 0 amide bonds. The van der Waals surface area contributed by atoms with Crippen molar-refractivity contribution in [2.45, 2.75) is 16.4 Å². The zero-order valence-electron chi connectivity index (χ0n) is 7.54. The maximum Gasteiger partial charge on any atom is 0.0733 e. The van der Waals surface area contributed by atoms with Gasteiger partial charge in [-0.1, -0.05) is 52.9 Å². The highest BCUT2D eigenvalue weighted by Gasteiger charge is 2.19. The van der Waals surface area contributed by atoms with Crippen LogP contribution in [0.3, 0.4) is 0 Å². The van der Waals surface area contributed by atoms with E-state index in [0.717, 1.165) is 12.8 Å². The SMILES string of the molecule is NCCC(N)(I)Cc1ccccc1. The Morgan fingerprint density at radius 1 is 1.23 bits per heavy atom. The summed E-state index contributed by atoms with van der Waals surface area (Å²) in [5, 5.41) is 0. The van der Waals surface area contributed by atoms with E-state index in [1.165, 1.54) is 5.56 Å². The van der Waals surface area contributed by atoms with Crippen molar-refractivity contribution in [2.24, 2.45) is 11.5 Å². The van der Waals surface area contributed by atoms with Crippen LogP contribution in [0.1, 0.15) is 12.0 Å². The van der Waals surface area contributed by atoms with Crippen LogP contribution in [-0.2, 0) is 6.42 Å². The van der Waals surface area contributed by atoms with E-state index in [9.17, 15) is 0 Å². The summed E-state index contributed by atoms with van der Waals surface area (Å²) in [4.78, 5) is 0. The van der Waals surface area contributed by atoms with Crippen LogP contribution >= 0.6 is 22.6 Å². The van der Waals surface area contributed by atoms with Crippen molar-refractivity contribution in [3.8, 4) is 0 Å². The Labute approximate surface area is 92.8 Å². The molecule has 0 radical (unpaired) electrons. The first-order chi connectivity index (χ1) is 6.14. The minimum Gasteiger partial charge on any atom is -0.330 e. The van der Waals surface area contributed by atoms with Gasteiger partial charge in [0.1, 0.15) is 0 Å². The van der Waals surface area contributed by atoms with Gasteiger partial charge in [-0.15, -0.1) is 0 Å². The second-order valence-corrected chi connectivity index (χ2v) is 5.38. The van der Waals surface area contributed by atoms with E-state index in [-0.39, 0.29) is 3.55 Å². The smallest absolute Gasteiger partial charge is 0.0733 e. The Morgan fingerprint density at radius 2 is 1.85 bits per heavy atom. The third-order valence-electron chi connectivity index (χ3n) is 1.90. The molecule has 0 aromatic heterocycles. The van der Waals surface area contributed by atoms with E-state index in [0.29, 0.717) is 6.54 Å². The van der Waals surface area contributed by atoms with E-state index < -0.39 is 0 Å². The summed E-state index contributed by atoms with van der Waals surface area (Å²) >= 11 is 2.28. The Kier molecular flexibility index (Phi) is 4.15. The minimum absolute atomic E-state index is 0.201. The highest BCUT2D eigenvalue weighted by atomic mass is 127. The summed E-state index contributed by atoms with van der Waals surface area (Å²) in [5.74, 6) is 0. The molecule has 3 heteroatoms. The van der Waals surface area contributed by atoms with Gasteiger partial charge in [-0.25, -0.2) is 0 Å². The normalized spacial score (nSPS) is 15.3. The number of nitrogens with two attached hydrogens (primary N) is 2. The molecule has 1 atom stereocenters. The number of hydrogen-bond donors (Lipinski definition) is 2. The number of hydrogen-bond acceptors (Lipinski definition) is 2. The fourth-order valence-corrected chi connectivity index (χ4v) is 2.02. The summed E-state index contributed by atoms with van der Waals surface area (Å²) in [6.45, 7) is 0.645. The molecule has 0 saturated heterocycles.